The first-order valence-electron chi connectivity index (χ1n) is 16.5. The summed E-state index contributed by atoms with van der Waals surface area (Å²) in [6.45, 7) is 3.13. The Morgan fingerprint density at radius 1 is 1.20 bits per heavy atom. The van der Waals surface area contributed by atoms with E-state index in [4.69, 9.17) is 14.5 Å². The minimum Gasteiger partial charge on any atom is -0.461 e. The molecule has 7 aliphatic rings. The highest BCUT2D eigenvalue weighted by atomic mass is 19.2. The maximum atomic E-state index is 17.0. The molecule has 11 rings (SSSR count). The number of benzene rings is 2. The summed E-state index contributed by atoms with van der Waals surface area (Å²) in [4.78, 5) is 33.3. The lowest BCUT2D eigenvalue weighted by Crippen LogP contribution is -2.64. The number of carbonyl (C=O) groups excluding carboxylic acids is 1. The summed E-state index contributed by atoms with van der Waals surface area (Å²) in [5, 5.41) is 3.94. The van der Waals surface area contributed by atoms with Crippen LogP contribution in [0.4, 0.5) is 23.4 Å². The van der Waals surface area contributed by atoms with Gasteiger partial charge in [-0.25, -0.2) is 13.2 Å². The molecule has 4 aromatic rings. The third kappa shape index (κ3) is 4.65. The number of nitrogens with zero attached hydrogens (tertiary/aromatic N) is 6. The largest absolute Gasteiger partial charge is 0.463 e. The van der Waals surface area contributed by atoms with E-state index in [2.05, 4.69) is 26.2 Å². The maximum Gasteiger partial charge on any atom is 0.463 e. The zero-order valence-electron chi connectivity index (χ0n) is 26.6. The van der Waals surface area contributed by atoms with E-state index in [-0.39, 0.29) is 95.9 Å². The summed E-state index contributed by atoms with van der Waals surface area (Å²) >= 11 is 0. The first-order valence-corrected chi connectivity index (χ1v) is 16.5. The fourth-order valence-corrected chi connectivity index (χ4v) is 8.53. The molecule has 6 aliphatic heterocycles. The highest BCUT2D eigenvalue weighted by molar-refractivity contribution is 6.02. The number of nitrogens with one attached hydrogen (secondary N) is 1. The van der Waals surface area contributed by atoms with Crippen LogP contribution in [0.2, 0.25) is 0 Å². The Bertz CT molecular complexity index is 2130. The molecule has 252 valence electrons. The van der Waals surface area contributed by atoms with E-state index in [0.717, 1.165) is 0 Å². The van der Waals surface area contributed by atoms with Crippen LogP contribution in [0.15, 0.2) is 36.5 Å². The Labute approximate surface area is 278 Å². The fraction of sp³-hybridized carbons (Fsp3) is 0.457. The zero-order valence-corrected chi connectivity index (χ0v) is 26.6. The molecular formula is C35H32F4N7O3+. The molecule has 5 fully saturated rings. The van der Waals surface area contributed by atoms with Crippen LogP contribution in [0.5, 0.6) is 6.01 Å². The summed E-state index contributed by atoms with van der Waals surface area (Å²) in [6, 6.07) is 9.48. The molecule has 10 nitrogen and oxygen atoms in total. The molecule has 1 unspecified atom stereocenters. The number of amides is 1. The van der Waals surface area contributed by atoms with Crippen LogP contribution < -0.4 is 15.0 Å². The van der Waals surface area contributed by atoms with Crippen LogP contribution in [0.3, 0.4) is 0 Å². The molecule has 1 aliphatic carbocycles. The van der Waals surface area contributed by atoms with Gasteiger partial charge >= 0.3 is 17.9 Å². The van der Waals surface area contributed by atoms with Crippen molar-refractivity contribution in [2.24, 2.45) is 5.92 Å². The number of anilines is 1. The predicted octanol–water partition coefficient (Wildman–Crippen LogP) is 4.78. The second-order valence-electron chi connectivity index (χ2n) is 13.8. The molecular weight excluding hydrogens is 642 g/mol. The molecule has 2 aromatic carbocycles. The van der Waals surface area contributed by atoms with Crippen molar-refractivity contribution in [1.82, 2.24) is 25.2 Å². The molecule has 1 N–H and O–H groups in total. The average Bonchev–Trinajstić information content (AvgIpc) is 3.38. The number of alkyl halides is 2. The topological polar surface area (TPSA) is 97.1 Å². The van der Waals surface area contributed by atoms with Gasteiger partial charge in [0, 0.05) is 63.1 Å². The minimum absolute atomic E-state index is 0.0291. The number of fused-ring (bicyclic) bond motifs is 4. The fourth-order valence-electron chi connectivity index (χ4n) is 8.53. The van der Waals surface area contributed by atoms with Crippen molar-refractivity contribution in [3.63, 3.8) is 0 Å². The molecule has 49 heavy (non-hydrogen) atoms. The van der Waals surface area contributed by atoms with Gasteiger partial charge in [0.1, 0.15) is 41.2 Å². The SMILES string of the molecule is CC(=O)NC[C@@H]1CN2C[C@H](F)C[C@]2(COc2nc3c4cnc(c(F)c4n2)-c2cccc4ccc(F)c(c24)C#[N+][C@]2(F)C4C[C@@H]2N3CCO4)C1. The minimum atomic E-state index is -2.30. The van der Waals surface area contributed by atoms with Crippen molar-refractivity contribution < 1.29 is 31.8 Å². The summed E-state index contributed by atoms with van der Waals surface area (Å²) < 4.78 is 76.3. The zero-order chi connectivity index (χ0) is 33.7. The van der Waals surface area contributed by atoms with Gasteiger partial charge in [0.2, 0.25) is 5.91 Å². The molecule has 8 heterocycles. The summed E-state index contributed by atoms with van der Waals surface area (Å²) in [5.74, 6) is -3.61. The highest BCUT2D eigenvalue weighted by Gasteiger charge is 2.71. The maximum absolute atomic E-state index is 17.0. The van der Waals surface area contributed by atoms with Gasteiger partial charge in [-0.3, -0.25) is 14.7 Å². The molecule has 14 heteroatoms. The lowest BCUT2D eigenvalue weighted by Gasteiger charge is -2.40. The Morgan fingerprint density at radius 3 is 2.94 bits per heavy atom. The Morgan fingerprint density at radius 2 is 2.08 bits per heavy atom. The van der Waals surface area contributed by atoms with Gasteiger partial charge < -0.3 is 19.7 Å². The number of hydrogen-bond donors (Lipinski definition) is 1. The van der Waals surface area contributed by atoms with E-state index in [1.165, 1.54) is 19.2 Å². The number of carbonyl (C=O) groups is 1. The van der Waals surface area contributed by atoms with Gasteiger partial charge in [-0.15, -0.1) is 4.39 Å². The van der Waals surface area contributed by atoms with Crippen LogP contribution in [0, 0.1) is 23.6 Å². The standard InChI is InChI=1S/C35H31F4N7O3/c1-18(47)40-12-19-10-34(11-21(36)16-45(34)15-19)17-49-33-43-31-24-13-41-30(29(31)38)22-4-2-3-20-5-6-25(37)23(28(20)22)14-42-35(39)26-9-27(35)48-8-7-46(26)32(24)44-33/h2-6,13,19,21,26-27H,7-12,15-17H2,1H3/p+1/t19-,21-,26+,27?,34+,35+/m1/s1. The number of hydrogen-bond acceptors (Lipinski definition) is 8. The van der Waals surface area contributed by atoms with Crippen LogP contribution in [-0.2, 0) is 9.53 Å². The lowest BCUT2D eigenvalue weighted by molar-refractivity contribution is -0.119. The van der Waals surface area contributed by atoms with Crippen molar-refractivity contribution in [3.05, 3.63) is 58.6 Å². The van der Waals surface area contributed by atoms with Crippen molar-refractivity contribution >= 4 is 33.4 Å². The molecule has 4 saturated heterocycles. The van der Waals surface area contributed by atoms with E-state index >= 15 is 13.2 Å². The monoisotopic (exact) mass is 674 g/mol. The molecule has 0 spiro atoms. The van der Waals surface area contributed by atoms with Crippen molar-refractivity contribution in [1.29, 1.82) is 0 Å². The smallest absolute Gasteiger partial charge is 0.461 e. The average molecular weight is 675 g/mol. The molecule has 1 amide bonds. The number of ether oxygens (including phenoxy) is 2. The van der Waals surface area contributed by atoms with E-state index in [0.29, 0.717) is 24.9 Å². The van der Waals surface area contributed by atoms with Gasteiger partial charge in [0.05, 0.1) is 17.5 Å². The van der Waals surface area contributed by atoms with Crippen LogP contribution >= 0.6 is 0 Å². The van der Waals surface area contributed by atoms with Crippen LogP contribution in [0.25, 0.3) is 37.8 Å². The third-order valence-corrected chi connectivity index (χ3v) is 10.8. The first-order chi connectivity index (χ1) is 23.6. The predicted molar refractivity (Wildman–Crippen MR) is 172 cm³/mol. The van der Waals surface area contributed by atoms with Crippen LogP contribution in [-0.4, -0.2) is 94.8 Å². The molecule has 1 saturated carbocycles. The van der Waals surface area contributed by atoms with Crippen molar-refractivity contribution in [2.45, 2.75) is 55.8 Å². The summed E-state index contributed by atoms with van der Waals surface area (Å²) in [5.41, 5.74) is -0.703. The van der Waals surface area contributed by atoms with Gasteiger partial charge in [-0.05, 0) is 28.6 Å². The Balaban J connectivity index is 1.20. The first kappa shape index (κ1) is 30.4. The molecule has 8 bridgehead atoms. The van der Waals surface area contributed by atoms with E-state index in [1.54, 1.807) is 29.2 Å². The molecule has 6 atom stereocenters. The van der Waals surface area contributed by atoms with Gasteiger partial charge in [0.15, 0.2) is 18.0 Å². The molecule has 2 aromatic heterocycles. The van der Waals surface area contributed by atoms with Gasteiger partial charge in [-0.1, -0.05) is 24.3 Å². The second kappa shape index (κ2) is 10.9. The quantitative estimate of drug-likeness (QED) is 0.239. The normalized spacial score (nSPS) is 29.8. The van der Waals surface area contributed by atoms with Crippen LogP contribution in [0.1, 0.15) is 31.7 Å². The summed E-state index contributed by atoms with van der Waals surface area (Å²) in [6.07, 6.45) is 0.584. The Kier molecular flexibility index (Phi) is 6.80. The van der Waals surface area contributed by atoms with E-state index in [1.807, 2.05) is 4.90 Å². The van der Waals surface area contributed by atoms with Crippen molar-refractivity contribution in [3.8, 4) is 23.3 Å². The second-order valence-corrected chi connectivity index (χ2v) is 13.8. The lowest BCUT2D eigenvalue weighted by atomic mass is 9.79. The third-order valence-electron chi connectivity index (χ3n) is 10.8. The number of pyridine rings is 1. The molecule has 0 radical (unpaired) electrons. The number of halogens is 4. The van der Waals surface area contributed by atoms with Gasteiger partial charge in [-0.2, -0.15) is 9.97 Å². The Hall–Kier alpha value is -4.61. The van der Waals surface area contributed by atoms with Gasteiger partial charge in [0.25, 0.3) is 0 Å². The highest BCUT2D eigenvalue weighted by Crippen LogP contribution is 2.49. The summed E-state index contributed by atoms with van der Waals surface area (Å²) in [7, 11) is 0. The number of rotatable bonds is 5. The number of aromatic nitrogens is 3. The van der Waals surface area contributed by atoms with Crippen molar-refractivity contribution in [2.75, 3.05) is 44.3 Å². The van der Waals surface area contributed by atoms with E-state index < -0.39 is 41.3 Å². The van der Waals surface area contributed by atoms with E-state index in [9.17, 15) is 9.18 Å².